The molecule has 2 aromatic heterocycles. The van der Waals surface area contributed by atoms with Crippen molar-refractivity contribution >= 4 is 40.6 Å². The topological polar surface area (TPSA) is 79.3 Å². The Bertz CT molecular complexity index is 1080. The van der Waals surface area contributed by atoms with Gasteiger partial charge in [0.1, 0.15) is 0 Å². The molecule has 0 aliphatic rings. The zero-order chi connectivity index (χ0) is 19.7. The minimum absolute atomic E-state index is 0.0356. The fourth-order valence-electron chi connectivity index (χ4n) is 2.78. The summed E-state index contributed by atoms with van der Waals surface area (Å²) < 4.78 is 27.1. The predicted octanol–water partition coefficient (Wildman–Crippen LogP) is 3.79. The van der Waals surface area contributed by atoms with Gasteiger partial charge in [-0.15, -0.1) is 0 Å². The average Bonchev–Trinajstić information content (AvgIpc) is 2.95. The number of H-pyrrole nitrogens is 1. The molecular formula is C17H15ClF2N4O2S. The number of rotatable bonds is 5. The van der Waals surface area contributed by atoms with Crippen molar-refractivity contribution < 1.29 is 13.6 Å². The van der Waals surface area contributed by atoms with Crippen LogP contribution in [0, 0.1) is 13.8 Å². The van der Waals surface area contributed by atoms with E-state index in [0.717, 1.165) is 0 Å². The Kier molecular flexibility index (Phi) is 5.52. The van der Waals surface area contributed by atoms with Crippen LogP contribution in [0.2, 0.25) is 5.02 Å². The Hall–Kier alpha value is -2.39. The summed E-state index contributed by atoms with van der Waals surface area (Å²) in [6.07, 6.45) is -0.0356. The van der Waals surface area contributed by atoms with Crippen molar-refractivity contribution in [3.8, 4) is 0 Å². The van der Waals surface area contributed by atoms with E-state index in [2.05, 4.69) is 15.4 Å². The summed E-state index contributed by atoms with van der Waals surface area (Å²) in [5, 5.41) is 5.38. The average molecular weight is 413 g/mol. The van der Waals surface area contributed by atoms with E-state index < -0.39 is 11.7 Å². The molecule has 142 valence electrons. The predicted molar refractivity (Wildman–Crippen MR) is 101 cm³/mol. The molecule has 0 saturated heterocycles. The van der Waals surface area contributed by atoms with Gasteiger partial charge in [-0.2, -0.15) is 8.78 Å². The first-order chi connectivity index (χ1) is 12.8. The number of aromatic amines is 1. The molecule has 0 bridgehead atoms. The molecule has 3 rings (SSSR count). The number of carbonyl (C=O) groups is 1. The number of benzene rings is 1. The van der Waals surface area contributed by atoms with Crippen LogP contribution in [0.15, 0.2) is 34.0 Å². The highest BCUT2D eigenvalue weighted by Crippen LogP contribution is 2.37. The van der Waals surface area contributed by atoms with Crippen molar-refractivity contribution in [1.29, 1.82) is 0 Å². The largest absolute Gasteiger partial charge is 0.325 e. The number of amides is 1. The van der Waals surface area contributed by atoms with E-state index in [9.17, 15) is 18.4 Å². The highest BCUT2D eigenvalue weighted by Gasteiger charge is 2.18. The molecule has 0 spiro atoms. The molecule has 6 nitrogen and oxygen atoms in total. The van der Waals surface area contributed by atoms with Crippen molar-refractivity contribution in [3.05, 3.63) is 56.6 Å². The molecule has 1 aromatic carbocycles. The Labute approximate surface area is 161 Å². The van der Waals surface area contributed by atoms with Crippen LogP contribution in [0.4, 0.5) is 14.5 Å². The van der Waals surface area contributed by atoms with Crippen LogP contribution in [0.25, 0.3) is 5.65 Å². The van der Waals surface area contributed by atoms with Gasteiger partial charge in [0, 0.05) is 23.0 Å². The summed E-state index contributed by atoms with van der Waals surface area (Å²) in [5.74, 6) is -3.07. The molecule has 10 heteroatoms. The first-order valence-electron chi connectivity index (χ1n) is 7.87. The monoisotopic (exact) mass is 412 g/mol. The third kappa shape index (κ3) is 4.14. The molecule has 0 fully saturated rings. The van der Waals surface area contributed by atoms with Crippen molar-refractivity contribution in [2.45, 2.75) is 30.9 Å². The van der Waals surface area contributed by atoms with E-state index >= 15 is 0 Å². The Balaban J connectivity index is 1.88. The summed E-state index contributed by atoms with van der Waals surface area (Å²) in [7, 11) is 0. The maximum Gasteiger partial charge on any atom is 0.289 e. The molecule has 3 aromatic rings. The summed E-state index contributed by atoms with van der Waals surface area (Å²) in [4.78, 5) is 28.5. The Morgan fingerprint density at radius 2 is 2.15 bits per heavy atom. The smallest absolute Gasteiger partial charge is 0.289 e. The van der Waals surface area contributed by atoms with Crippen molar-refractivity contribution in [1.82, 2.24) is 14.6 Å². The lowest BCUT2D eigenvalue weighted by atomic mass is 10.1. The third-order valence-corrected chi connectivity index (χ3v) is 5.27. The molecule has 0 saturated carbocycles. The van der Waals surface area contributed by atoms with Gasteiger partial charge >= 0.3 is 0 Å². The zero-order valence-corrected chi connectivity index (χ0v) is 15.9. The summed E-state index contributed by atoms with van der Waals surface area (Å²) in [6, 6.07) is 5.93. The highest BCUT2D eigenvalue weighted by molar-refractivity contribution is 7.99. The molecule has 0 radical (unpaired) electrons. The van der Waals surface area contributed by atoms with E-state index in [4.69, 9.17) is 11.6 Å². The number of aromatic nitrogens is 3. The van der Waals surface area contributed by atoms with Gasteiger partial charge in [0.25, 0.3) is 11.3 Å². The van der Waals surface area contributed by atoms with E-state index in [1.54, 1.807) is 19.9 Å². The van der Waals surface area contributed by atoms with E-state index in [1.807, 2.05) is 0 Å². The van der Waals surface area contributed by atoms with Gasteiger partial charge in [0.15, 0.2) is 5.65 Å². The molecular weight excluding hydrogens is 398 g/mol. The molecule has 0 aliphatic carbocycles. The fraction of sp³-hybridized carbons (Fsp3) is 0.235. The van der Waals surface area contributed by atoms with Crippen LogP contribution < -0.4 is 10.9 Å². The maximum absolute atomic E-state index is 12.8. The zero-order valence-electron chi connectivity index (χ0n) is 14.3. The second-order valence-corrected chi connectivity index (χ2v) is 7.20. The summed E-state index contributed by atoms with van der Waals surface area (Å²) in [5.41, 5.74) is 2.30. The van der Waals surface area contributed by atoms with E-state index in [0.29, 0.717) is 22.6 Å². The summed E-state index contributed by atoms with van der Waals surface area (Å²) in [6.45, 7) is 3.50. The van der Waals surface area contributed by atoms with Crippen LogP contribution in [0.1, 0.15) is 17.0 Å². The normalized spacial score (nSPS) is 11.3. The molecule has 2 N–H and O–H groups in total. The lowest BCUT2D eigenvalue weighted by molar-refractivity contribution is -0.115. The molecule has 27 heavy (non-hydrogen) atoms. The first-order valence-corrected chi connectivity index (χ1v) is 9.13. The van der Waals surface area contributed by atoms with Crippen molar-refractivity contribution in [2.75, 3.05) is 5.32 Å². The van der Waals surface area contributed by atoms with E-state index in [-0.39, 0.29) is 39.3 Å². The third-order valence-electron chi connectivity index (χ3n) is 3.99. The van der Waals surface area contributed by atoms with Gasteiger partial charge < -0.3 is 5.32 Å². The SMILES string of the molecule is Cc1nc2cc(=O)[nH]n2c(C)c1CC(=O)Nc1cccc(Cl)c1SC(F)F. The Morgan fingerprint density at radius 3 is 2.85 bits per heavy atom. The number of nitrogens with zero attached hydrogens (tertiary/aromatic N) is 2. The van der Waals surface area contributed by atoms with E-state index in [1.165, 1.54) is 22.7 Å². The van der Waals surface area contributed by atoms with Gasteiger partial charge in [-0.1, -0.05) is 29.4 Å². The quantitative estimate of drug-likeness (QED) is 0.625. The number of halogens is 3. The lowest BCUT2D eigenvalue weighted by Gasteiger charge is -2.14. The van der Waals surface area contributed by atoms with Gasteiger partial charge in [0.05, 0.1) is 22.0 Å². The number of anilines is 1. The van der Waals surface area contributed by atoms with Crippen LogP contribution in [0.3, 0.4) is 0 Å². The highest BCUT2D eigenvalue weighted by atomic mass is 35.5. The minimum atomic E-state index is -2.66. The van der Waals surface area contributed by atoms with Gasteiger partial charge in [-0.3, -0.25) is 14.7 Å². The molecule has 1 amide bonds. The molecule has 0 atom stereocenters. The standard InChI is InChI=1S/C17H15ClF2N4O2S/c1-8-10(9(2)24-13(21-8)7-15(26)23-24)6-14(25)22-12-5-3-4-11(18)16(12)27-17(19)20/h3-5,7,17H,6H2,1-2H3,(H,22,25)(H,23,26). The van der Waals surface area contributed by atoms with Gasteiger partial charge in [0.2, 0.25) is 5.91 Å². The molecule has 0 aliphatic heterocycles. The van der Waals surface area contributed by atoms with Crippen molar-refractivity contribution in [3.63, 3.8) is 0 Å². The number of alkyl halides is 2. The number of hydrogen-bond acceptors (Lipinski definition) is 4. The number of nitrogens with one attached hydrogen (secondary N) is 2. The Morgan fingerprint density at radius 1 is 1.41 bits per heavy atom. The minimum Gasteiger partial charge on any atom is -0.325 e. The van der Waals surface area contributed by atoms with Crippen LogP contribution in [-0.2, 0) is 11.2 Å². The van der Waals surface area contributed by atoms with Crippen LogP contribution >= 0.6 is 23.4 Å². The number of thioether (sulfide) groups is 1. The number of fused-ring (bicyclic) bond motifs is 1. The van der Waals surface area contributed by atoms with Crippen molar-refractivity contribution in [2.24, 2.45) is 0 Å². The maximum atomic E-state index is 12.8. The first kappa shape index (κ1) is 19.4. The molecule has 2 heterocycles. The van der Waals surface area contributed by atoms with Gasteiger partial charge in [-0.25, -0.2) is 9.50 Å². The second kappa shape index (κ2) is 7.69. The number of hydrogen-bond donors (Lipinski definition) is 2. The van der Waals surface area contributed by atoms with Crippen LogP contribution in [0.5, 0.6) is 0 Å². The lowest BCUT2D eigenvalue weighted by Crippen LogP contribution is -2.18. The number of aryl methyl sites for hydroxylation is 2. The van der Waals surface area contributed by atoms with Gasteiger partial charge in [-0.05, 0) is 26.0 Å². The van der Waals surface area contributed by atoms with Crippen LogP contribution in [-0.4, -0.2) is 26.3 Å². The fourth-order valence-corrected chi connectivity index (χ4v) is 3.70. The number of carbonyl (C=O) groups excluding carboxylic acids is 1. The molecule has 0 unspecified atom stereocenters. The second-order valence-electron chi connectivity index (χ2n) is 5.80. The summed E-state index contributed by atoms with van der Waals surface area (Å²) >= 11 is 6.26.